The Morgan fingerprint density at radius 3 is 1.85 bits per heavy atom. The van der Waals surface area contributed by atoms with Crippen molar-refractivity contribution >= 4 is 17.9 Å². The first-order valence-corrected chi connectivity index (χ1v) is 7.28. The van der Waals surface area contributed by atoms with Crippen LogP contribution in [0.3, 0.4) is 0 Å². The van der Waals surface area contributed by atoms with Gasteiger partial charge in [-0.1, -0.05) is 30.3 Å². The molecule has 0 saturated heterocycles. The lowest BCUT2D eigenvalue weighted by molar-refractivity contribution is 0.0650. The van der Waals surface area contributed by atoms with Crippen molar-refractivity contribution in [3.63, 3.8) is 0 Å². The van der Waals surface area contributed by atoms with Crippen LogP contribution < -0.4 is 0 Å². The Bertz CT molecular complexity index is 903. The Balaban J connectivity index is 0.000000417. The van der Waals surface area contributed by atoms with Gasteiger partial charge in [0.1, 0.15) is 0 Å². The molecule has 0 amide bonds. The van der Waals surface area contributed by atoms with E-state index in [1.807, 2.05) is 0 Å². The fourth-order valence-corrected chi connectivity index (χ4v) is 2.30. The monoisotopic (exact) mass is 354 g/mol. The Morgan fingerprint density at radius 1 is 0.808 bits per heavy atom. The van der Waals surface area contributed by atoms with E-state index in [4.69, 9.17) is 5.11 Å². The molecule has 8 heteroatoms. The van der Waals surface area contributed by atoms with Gasteiger partial charge in [0.2, 0.25) is 0 Å². The van der Waals surface area contributed by atoms with Gasteiger partial charge in [0.05, 0.1) is 23.0 Å². The van der Waals surface area contributed by atoms with Crippen LogP contribution in [0.15, 0.2) is 61.2 Å². The van der Waals surface area contributed by atoms with Gasteiger partial charge in [-0.25, -0.2) is 19.4 Å². The molecule has 2 aromatic carbocycles. The molecule has 3 rings (SSSR count). The molecule has 0 aliphatic carbocycles. The molecular formula is C18H14N2O6. The second kappa shape index (κ2) is 8.25. The summed E-state index contributed by atoms with van der Waals surface area (Å²) in [4.78, 5) is 40.3. The van der Waals surface area contributed by atoms with E-state index in [1.54, 1.807) is 36.9 Å². The van der Waals surface area contributed by atoms with Crippen LogP contribution in [0.1, 0.15) is 31.1 Å². The summed E-state index contributed by atoms with van der Waals surface area (Å²) in [5, 5.41) is 27.6. The maximum atomic E-state index is 11.4. The minimum absolute atomic E-state index is 0.115. The van der Waals surface area contributed by atoms with Crippen LogP contribution in [0, 0.1) is 0 Å². The molecule has 1 heterocycles. The standard InChI is InChI=1S/C15H10O6.C3H4N2/c16-13(17)9-6-7-10(14(18)19)12(15(20)21)11(9)8-4-2-1-3-5-8;1-2-5-3-4-1/h1-7H,(H,16,17)(H,18,19)(H,20,21);1-3H,(H,4,5). The summed E-state index contributed by atoms with van der Waals surface area (Å²) in [5.74, 6) is -4.25. The second-order valence-electron chi connectivity index (χ2n) is 4.95. The van der Waals surface area contributed by atoms with Crippen molar-refractivity contribution in [1.29, 1.82) is 0 Å². The molecule has 0 unspecified atom stereocenters. The van der Waals surface area contributed by atoms with Crippen LogP contribution in [0.5, 0.6) is 0 Å². The van der Waals surface area contributed by atoms with Gasteiger partial charge in [-0.2, -0.15) is 0 Å². The molecule has 3 aromatic rings. The number of aromatic carboxylic acids is 3. The lowest BCUT2D eigenvalue weighted by atomic mass is 9.90. The lowest BCUT2D eigenvalue weighted by Gasteiger charge is -2.12. The van der Waals surface area contributed by atoms with E-state index in [9.17, 15) is 24.6 Å². The number of hydrogen-bond acceptors (Lipinski definition) is 4. The van der Waals surface area contributed by atoms with Crippen LogP contribution in [-0.4, -0.2) is 43.2 Å². The van der Waals surface area contributed by atoms with Gasteiger partial charge in [0.25, 0.3) is 0 Å². The minimum Gasteiger partial charge on any atom is -0.478 e. The number of carboxylic acids is 3. The van der Waals surface area contributed by atoms with E-state index in [-0.39, 0.29) is 11.1 Å². The molecule has 0 spiro atoms. The van der Waals surface area contributed by atoms with Gasteiger partial charge in [-0.05, 0) is 17.7 Å². The number of carboxylic acid groups (broad SMARTS) is 3. The molecule has 8 nitrogen and oxygen atoms in total. The van der Waals surface area contributed by atoms with Gasteiger partial charge < -0.3 is 20.3 Å². The first-order chi connectivity index (χ1) is 12.4. The maximum absolute atomic E-state index is 11.4. The molecule has 0 aliphatic heterocycles. The number of carbonyl (C=O) groups is 3. The number of imidazole rings is 1. The van der Waals surface area contributed by atoms with Crippen LogP contribution in [-0.2, 0) is 0 Å². The van der Waals surface area contributed by atoms with Crippen molar-refractivity contribution in [2.45, 2.75) is 0 Å². The number of nitrogens with zero attached hydrogens (tertiary/aromatic N) is 1. The Kier molecular flexibility index (Phi) is 5.83. The Hall–Kier alpha value is -3.94. The van der Waals surface area contributed by atoms with E-state index in [1.165, 1.54) is 12.1 Å². The van der Waals surface area contributed by atoms with E-state index < -0.39 is 29.0 Å². The molecule has 0 fully saturated rings. The summed E-state index contributed by atoms with van der Waals surface area (Å²) in [7, 11) is 0. The smallest absolute Gasteiger partial charge is 0.337 e. The number of H-pyrrole nitrogens is 1. The quantitative estimate of drug-likeness (QED) is 0.564. The highest BCUT2D eigenvalue weighted by Crippen LogP contribution is 2.30. The van der Waals surface area contributed by atoms with Gasteiger partial charge in [-0.3, -0.25) is 0 Å². The zero-order valence-corrected chi connectivity index (χ0v) is 13.3. The molecule has 0 atom stereocenters. The Labute approximate surface area is 147 Å². The van der Waals surface area contributed by atoms with E-state index in [0.29, 0.717) is 5.56 Å². The van der Waals surface area contributed by atoms with Crippen molar-refractivity contribution in [1.82, 2.24) is 9.97 Å². The molecule has 26 heavy (non-hydrogen) atoms. The highest BCUT2D eigenvalue weighted by Gasteiger charge is 2.26. The average molecular weight is 354 g/mol. The number of benzene rings is 2. The van der Waals surface area contributed by atoms with Gasteiger partial charge in [0, 0.05) is 18.0 Å². The first-order valence-electron chi connectivity index (χ1n) is 7.28. The SMILES string of the molecule is O=C(O)c1ccc(C(=O)O)c(-c2ccccc2)c1C(=O)O.c1c[nH]cn1. The number of aromatic amines is 1. The molecule has 4 N–H and O–H groups in total. The van der Waals surface area contributed by atoms with Gasteiger partial charge in [0.15, 0.2) is 0 Å². The zero-order chi connectivity index (χ0) is 19.1. The maximum Gasteiger partial charge on any atom is 0.337 e. The third-order valence-electron chi connectivity index (χ3n) is 3.35. The molecule has 132 valence electrons. The molecule has 0 saturated carbocycles. The van der Waals surface area contributed by atoms with Crippen LogP contribution in [0.25, 0.3) is 11.1 Å². The lowest BCUT2D eigenvalue weighted by Crippen LogP contribution is -2.13. The van der Waals surface area contributed by atoms with Crippen molar-refractivity contribution in [3.05, 3.63) is 77.9 Å². The van der Waals surface area contributed by atoms with Crippen molar-refractivity contribution in [2.24, 2.45) is 0 Å². The molecule has 1 aromatic heterocycles. The average Bonchev–Trinajstić information content (AvgIpc) is 3.20. The van der Waals surface area contributed by atoms with Crippen molar-refractivity contribution in [3.8, 4) is 11.1 Å². The third-order valence-corrected chi connectivity index (χ3v) is 3.35. The van der Waals surface area contributed by atoms with E-state index in [2.05, 4.69) is 9.97 Å². The van der Waals surface area contributed by atoms with Crippen LogP contribution in [0.4, 0.5) is 0 Å². The fraction of sp³-hybridized carbons (Fsp3) is 0. The molecule has 0 radical (unpaired) electrons. The van der Waals surface area contributed by atoms with Crippen LogP contribution >= 0.6 is 0 Å². The highest BCUT2D eigenvalue weighted by atomic mass is 16.4. The second-order valence-corrected chi connectivity index (χ2v) is 4.95. The molecule has 0 aliphatic rings. The molecular weight excluding hydrogens is 340 g/mol. The van der Waals surface area contributed by atoms with Gasteiger partial charge in [-0.15, -0.1) is 0 Å². The van der Waals surface area contributed by atoms with Crippen molar-refractivity contribution in [2.75, 3.05) is 0 Å². The summed E-state index contributed by atoms with van der Waals surface area (Å²) < 4.78 is 0. The minimum atomic E-state index is -1.49. The zero-order valence-electron chi connectivity index (χ0n) is 13.3. The number of rotatable bonds is 4. The predicted octanol–water partition coefficient (Wildman–Crippen LogP) is 2.86. The topological polar surface area (TPSA) is 141 Å². The van der Waals surface area contributed by atoms with E-state index >= 15 is 0 Å². The normalized spacial score (nSPS) is 9.69. The summed E-state index contributed by atoms with van der Waals surface area (Å²) in [6.07, 6.45) is 5.08. The van der Waals surface area contributed by atoms with Crippen LogP contribution in [0.2, 0.25) is 0 Å². The predicted molar refractivity (Wildman–Crippen MR) is 91.3 cm³/mol. The number of nitrogens with one attached hydrogen (secondary N) is 1. The van der Waals surface area contributed by atoms with E-state index in [0.717, 1.165) is 12.1 Å². The molecule has 0 bridgehead atoms. The fourth-order valence-electron chi connectivity index (χ4n) is 2.30. The number of hydrogen-bond donors (Lipinski definition) is 4. The summed E-state index contributed by atoms with van der Waals surface area (Å²) in [6, 6.07) is 10.0. The summed E-state index contributed by atoms with van der Waals surface area (Å²) in [5.41, 5.74) is -1.03. The number of aromatic nitrogens is 2. The summed E-state index contributed by atoms with van der Waals surface area (Å²) >= 11 is 0. The Morgan fingerprint density at radius 2 is 1.42 bits per heavy atom. The third kappa shape index (κ3) is 4.12. The largest absolute Gasteiger partial charge is 0.478 e. The van der Waals surface area contributed by atoms with Gasteiger partial charge >= 0.3 is 17.9 Å². The highest BCUT2D eigenvalue weighted by molar-refractivity contribution is 6.11. The summed E-state index contributed by atoms with van der Waals surface area (Å²) in [6.45, 7) is 0. The van der Waals surface area contributed by atoms with Crippen molar-refractivity contribution < 1.29 is 29.7 Å². The first kappa shape index (κ1) is 18.4.